The third kappa shape index (κ3) is 4.03. The lowest BCUT2D eigenvalue weighted by Gasteiger charge is -2.34. The standard InChI is InChI=1S/C27H25BrN3S/c1-3-4-10-22-15-19(16-26-29-27-25(32-26)17-20(28)18-30(27)2)23-13-8-9-14-24(23)31(22)21-11-6-5-7-12-21/h5-9,11-18H,3-4,10H2,1-2H3/q+1. The zero-order valence-electron chi connectivity index (χ0n) is 18.3. The Morgan fingerprint density at radius 2 is 1.88 bits per heavy atom. The molecule has 160 valence electrons. The Labute approximate surface area is 201 Å². The number of benzene rings is 2. The quantitative estimate of drug-likeness (QED) is 0.261. The number of hydrogen-bond donors (Lipinski definition) is 0. The molecule has 3 heterocycles. The highest BCUT2D eigenvalue weighted by atomic mass is 79.9. The largest absolute Gasteiger partial charge is 0.342 e. The number of nitrogens with zero attached hydrogens (tertiary/aromatic N) is 3. The summed E-state index contributed by atoms with van der Waals surface area (Å²) in [5.41, 5.74) is 7.24. The van der Waals surface area contributed by atoms with Gasteiger partial charge in [-0.1, -0.05) is 61.1 Å². The van der Waals surface area contributed by atoms with Crippen LogP contribution in [0.3, 0.4) is 0 Å². The lowest BCUT2D eigenvalue weighted by atomic mass is 9.94. The second kappa shape index (κ2) is 9.00. The number of fused-ring (bicyclic) bond motifs is 2. The molecule has 5 heteroatoms. The smallest absolute Gasteiger partial charge is 0.314 e. The number of aromatic nitrogens is 2. The highest BCUT2D eigenvalue weighted by molar-refractivity contribution is 9.10. The van der Waals surface area contributed by atoms with Crippen LogP contribution in [0.4, 0.5) is 11.4 Å². The first-order valence-corrected chi connectivity index (χ1v) is 12.6. The van der Waals surface area contributed by atoms with Crippen LogP contribution in [-0.2, 0) is 7.05 Å². The van der Waals surface area contributed by atoms with E-state index in [0.29, 0.717) is 0 Å². The maximum atomic E-state index is 4.93. The van der Waals surface area contributed by atoms with Gasteiger partial charge in [0.15, 0.2) is 0 Å². The molecule has 0 saturated carbocycles. The van der Waals surface area contributed by atoms with Crippen LogP contribution in [0, 0.1) is 0 Å². The molecular formula is C27H25BrN3S+. The summed E-state index contributed by atoms with van der Waals surface area (Å²) >= 11 is 5.33. The molecule has 5 rings (SSSR count). The van der Waals surface area contributed by atoms with Crippen LogP contribution in [0.2, 0.25) is 0 Å². The van der Waals surface area contributed by atoms with Gasteiger partial charge in [-0.3, -0.25) is 0 Å². The minimum Gasteiger partial charge on any atom is -0.314 e. The van der Waals surface area contributed by atoms with Gasteiger partial charge in [0.05, 0.1) is 17.2 Å². The Morgan fingerprint density at radius 3 is 2.69 bits per heavy atom. The minimum atomic E-state index is 1.01. The van der Waals surface area contributed by atoms with Crippen molar-refractivity contribution in [1.29, 1.82) is 0 Å². The maximum Gasteiger partial charge on any atom is 0.342 e. The molecule has 1 aliphatic rings. The number of thiazole rings is 1. The molecule has 0 bridgehead atoms. The predicted octanol–water partition coefficient (Wildman–Crippen LogP) is 7.65. The van der Waals surface area contributed by atoms with Crippen LogP contribution in [0.15, 0.2) is 83.1 Å². The van der Waals surface area contributed by atoms with Gasteiger partial charge in [0.25, 0.3) is 0 Å². The average molecular weight is 503 g/mol. The molecule has 0 aliphatic carbocycles. The Morgan fingerprint density at radius 1 is 1.09 bits per heavy atom. The third-order valence-electron chi connectivity index (χ3n) is 5.72. The van der Waals surface area contributed by atoms with E-state index in [1.54, 1.807) is 11.3 Å². The van der Waals surface area contributed by atoms with Gasteiger partial charge in [-0.15, -0.1) is 0 Å². The van der Waals surface area contributed by atoms with Crippen LogP contribution in [0.1, 0.15) is 36.8 Å². The predicted molar refractivity (Wildman–Crippen MR) is 139 cm³/mol. The summed E-state index contributed by atoms with van der Waals surface area (Å²) in [5.74, 6) is 0. The molecule has 0 unspecified atom stereocenters. The minimum absolute atomic E-state index is 1.01. The fourth-order valence-electron chi connectivity index (χ4n) is 4.22. The van der Waals surface area contributed by atoms with E-state index >= 15 is 0 Å². The van der Waals surface area contributed by atoms with Crippen LogP contribution < -0.4 is 9.47 Å². The lowest BCUT2D eigenvalue weighted by Crippen LogP contribution is -2.28. The summed E-state index contributed by atoms with van der Waals surface area (Å²) in [7, 11) is 2.04. The molecule has 0 amide bonds. The van der Waals surface area contributed by atoms with E-state index in [9.17, 15) is 0 Å². The van der Waals surface area contributed by atoms with Crippen LogP contribution in [-0.4, -0.2) is 4.98 Å². The van der Waals surface area contributed by atoms with Crippen molar-refractivity contribution in [3.8, 4) is 0 Å². The van der Waals surface area contributed by atoms with Crippen molar-refractivity contribution in [2.45, 2.75) is 26.2 Å². The molecule has 1 aliphatic heterocycles. The molecule has 2 aromatic heterocycles. The highest BCUT2D eigenvalue weighted by Crippen LogP contribution is 2.43. The number of unbranched alkanes of at least 4 members (excludes halogenated alkanes) is 1. The Bertz CT molecular complexity index is 1340. The number of para-hydroxylation sites is 2. The number of halogens is 1. The summed E-state index contributed by atoms with van der Waals surface area (Å²) in [6, 6.07) is 21.5. The summed E-state index contributed by atoms with van der Waals surface area (Å²) in [5, 5.41) is 1.03. The second-order valence-electron chi connectivity index (χ2n) is 8.04. The average Bonchev–Trinajstić information content (AvgIpc) is 3.21. The van der Waals surface area contributed by atoms with Crippen molar-refractivity contribution in [1.82, 2.24) is 4.98 Å². The van der Waals surface area contributed by atoms with E-state index in [4.69, 9.17) is 4.98 Å². The second-order valence-corrected chi connectivity index (χ2v) is 10.0. The fraction of sp³-hybridized carbons (Fsp3) is 0.185. The zero-order valence-corrected chi connectivity index (χ0v) is 20.7. The van der Waals surface area contributed by atoms with Gasteiger partial charge < -0.3 is 4.90 Å². The third-order valence-corrected chi connectivity index (χ3v) is 7.09. The highest BCUT2D eigenvalue weighted by Gasteiger charge is 2.24. The molecular weight excluding hydrogens is 478 g/mol. The number of pyridine rings is 1. The number of rotatable bonds is 5. The Hall–Kier alpha value is -2.76. The topological polar surface area (TPSA) is 20.0 Å². The van der Waals surface area contributed by atoms with Crippen LogP contribution in [0.5, 0.6) is 0 Å². The van der Waals surface area contributed by atoms with E-state index in [1.807, 2.05) is 7.05 Å². The Kier molecular flexibility index (Phi) is 5.94. The number of anilines is 2. The molecule has 0 fully saturated rings. The van der Waals surface area contributed by atoms with E-state index in [1.165, 1.54) is 39.3 Å². The first-order valence-electron chi connectivity index (χ1n) is 11.0. The van der Waals surface area contributed by atoms with Gasteiger partial charge in [0, 0.05) is 23.0 Å². The molecule has 32 heavy (non-hydrogen) atoms. The van der Waals surface area contributed by atoms with Crippen LogP contribution >= 0.6 is 27.3 Å². The van der Waals surface area contributed by atoms with E-state index in [2.05, 4.69) is 111 Å². The molecule has 3 nitrogen and oxygen atoms in total. The number of allylic oxidation sites excluding steroid dienone is 3. The van der Waals surface area contributed by atoms with Crippen molar-refractivity contribution in [2.75, 3.05) is 4.90 Å². The SMILES string of the molecule is CCCCC1=CC(=Cc2nc3c(cc(Br)c[n+]3C)s2)c2ccccc2N1c1ccccc1. The molecule has 0 saturated heterocycles. The van der Waals surface area contributed by atoms with E-state index < -0.39 is 0 Å². The normalized spacial score (nSPS) is 14.7. The van der Waals surface area contributed by atoms with Crippen molar-refractivity contribution in [3.05, 3.63) is 93.7 Å². The summed E-state index contributed by atoms with van der Waals surface area (Å²) in [4.78, 5) is 7.34. The summed E-state index contributed by atoms with van der Waals surface area (Å²) < 4.78 is 4.32. The summed E-state index contributed by atoms with van der Waals surface area (Å²) in [6.07, 6.45) is 10.0. The zero-order chi connectivity index (χ0) is 22.1. The number of aryl methyl sites for hydroxylation is 1. The van der Waals surface area contributed by atoms with Gasteiger partial charge in [-0.2, -0.15) is 0 Å². The first kappa shape index (κ1) is 21.1. The van der Waals surface area contributed by atoms with Crippen LogP contribution in [0.25, 0.3) is 22.0 Å². The molecule has 0 spiro atoms. The summed E-state index contributed by atoms with van der Waals surface area (Å²) in [6.45, 7) is 2.25. The van der Waals surface area contributed by atoms with E-state index in [-0.39, 0.29) is 0 Å². The van der Waals surface area contributed by atoms with Crippen molar-refractivity contribution >= 4 is 60.6 Å². The van der Waals surface area contributed by atoms with Gasteiger partial charge in [0.2, 0.25) is 5.01 Å². The molecule has 0 atom stereocenters. The van der Waals surface area contributed by atoms with Crippen molar-refractivity contribution < 1.29 is 4.57 Å². The van der Waals surface area contributed by atoms with Crippen molar-refractivity contribution in [2.24, 2.45) is 7.05 Å². The lowest BCUT2D eigenvalue weighted by molar-refractivity contribution is -0.647. The monoisotopic (exact) mass is 502 g/mol. The Balaban J connectivity index is 1.66. The molecule has 4 aromatic rings. The van der Waals surface area contributed by atoms with Gasteiger partial charge in [0.1, 0.15) is 10.9 Å². The first-order chi connectivity index (χ1) is 15.6. The molecule has 0 N–H and O–H groups in total. The molecule has 0 radical (unpaired) electrons. The fourth-order valence-corrected chi connectivity index (χ4v) is 5.92. The molecule has 2 aromatic carbocycles. The van der Waals surface area contributed by atoms with E-state index in [0.717, 1.165) is 28.0 Å². The van der Waals surface area contributed by atoms with Gasteiger partial charge in [-0.25, -0.2) is 4.57 Å². The van der Waals surface area contributed by atoms with Crippen molar-refractivity contribution in [3.63, 3.8) is 0 Å². The maximum absolute atomic E-state index is 4.93. The van der Waals surface area contributed by atoms with Gasteiger partial charge >= 0.3 is 5.65 Å². The number of hydrogen-bond acceptors (Lipinski definition) is 3. The van der Waals surface area contributed by atoms with Gasteiger partial charge in [-0.05, 0) is 69.7 Å².